The Labute approximate surface area is 174 Å². The van der Waals surface area contributed by atoms with E-state index in [9.17, 15) is 9.59 Å². The second-order valence-corrected chi connectivity index (χ2v) is 7.11. The van der Waals surface area contributed by atoms with Crippen LogP contribution in [0.1, 0.15) is 39.8 Å². The van der Waals surface area contributed by atoms with Gasteiger partial charge in [0.05, 0.1) is 17.9 Å². The number of nitrogens with zero attached hydrogens (tertiary/aromatic N) is 6. The molecule has 4 heterocycles. The molecule has 0 bridgehead atoms. The fraction of sp³-hybridized carbons (Fsp3) is 0.381. The van der Waals surface area contributed by atoms with E-state index >= 15 is 0 Å². The Kier molecular flexibility index (Phi) is 5.60. The standard InChI is InChI=1S/C21H24N6O3/c1-3-30-21(29)16-6-7-17(23-14-16)25-9-5-10-26(13-12-25)20(28)18-15(2)24-27-11-4-8-22-19(18)27/h4,6-8,11,14H,3,5,9-10,12-13H2,1-2H3. The van der Waals surface area contributed by atoms with E-state index in [1.54, 1.807) is 36.0 Å². The van der Waals surface area contributed by atoms with Crippen molar-refractivity contribution < 1.29 is 14.3 Å². The Morgan fingerprint density at radius 1 is 1.13 bits per heavy atom. The molecular formula is C21H24N6O3. The first kappa shape index (κ1) is 19.8. The maximum Gasteiger partial charge on any atom is 0.339 e. The number of ether oxygens (including phenoxy) is 1. The first-order valence-electron chi connectivity index (χ1n) is 10.1. The molecule has 0 N–H and O–H groups in total. The van der Waals surface area contributed by atoms with Gasteiger partial charge in [0.2, 0.25) is 0 Å². The van der Waals surface area contributed by atoms with E-state index in [-0.39, 0.29) is 11.9 Å². The molecule has 30 heavy (non-hydrogen) atoms. The molecule has 4 rings (SSSR count). The molecule has 0 saturated carbocycles. The zero-order valence-corrected chi connectivity index (χ0v) is 17.1. The first-order valence-corrected chi connectivity index (χ1v) is 10.1. The lowest BCUT2D eigenvalue weighted by Crippen LogP contribution is -2.35. The number of aromatic nitrogens is 4. The SMILES string of the molecule is CCOC(=O)c1ccc(N2CCCN(C(=O)c3c(C)nn4cccnc34)CC2)nc1. The number of hydrogen-bond donors (Lipinski definition) is 0. The van der Waals surface area contributed by atoms with Gasteiger partial charge in [0, 0.05) is 44.8 Å². The van der Waals surface area contributed by atoms with E-state index in [0.717, 1.165) is 18.8 Å². The van der Waals surface area contributed by atoms with Crippen molar-refractivity contribution in [3.63, 3.8) is 0 Å². The van der Waals surface area contributed by atoms with Crippen molar-refractivity contribution in [2.75, 3.05) is 37.7 Å². The van der Waals surface area contributed by atoms with Crippen LogP contribution >= 0.6 is 0 Å². The zero-order valence-electron chi connectivity index (χ0n) is 17.1. The number of hydrogen-bond acceptors (Lipinski definition) is 7. The third-order valence-corrected chi connectivity index (χ3v) is 5.15. The van der Waals surface area contributed by atoms with E-state index in [4.69, 9.17) is 4.74 Å². The van der Waals surface area contributed by atoms with E-state index < -0.39 is 0 Å². The zero-order chi connectivity index (χ0) is 21.1. The summed E-state index contributed by atoms with van der Waals surface area (Å²) in [6.45, 7) is 6.60. The Hall–Kier alpha value is -3.49. The van der Waals surface area contributed by atoms with E-state index in [2.05, 4.69) is 20.0 Å². The molecular weight excluding hydrogens is 384 g/mol. The van der Waals surface area contributed by atoms with Crippen molar-refractivity contribution in [2.45, 2.75) is 20.3 Å². The number of aryl methyl sites for hydroxylation is 1. The maximum absolute atomic E-state index is 13.2. The number of carbonyl (C=O) groups is 2. The summed E-state index contributed by atoms with van der Waals surface area (Å²) < 4.78 is 6.64. The Bertz CT molecular complexity index is 1060. The fourth-order valence-electron chi connectivity index (χ4n) is 3.66. The van der Waals surface area contributed by atoms with Crippen molar-refractivity contribution >= 4 is 23.3 Å². The van der Waals surface area contributed by atoms with Crippen LogP contribution in [0, 0.1) is 6.92 Å². The van der Waals surface area contributed by atoms with Crippen molar-refractivity contribution in [1.29, 1.82) is 0 Å². The largest absolute Gasteiger partial charge is 0.462 e. The average molecular weight is 408 g/mol. The molecule has 0 aliphatic carbocycles. The minimum atomic E-state index is -0.374. The summed E-state index contributed by atoms with van der Waals surface area (Å²) in [7, 11) is 0. The second-order valence-electron chi connectivity index (χ2n) is 7.11. The predicted molar refractivity (Wildman–Crippen MR) is 111 cm³/mol. The fourth-order valence-corrected chi connectivity index (χ4v) is 3.66. The highest BCUT2D eigenvalue weighted by Crippen LogP contribution is 2.19. The summed E-state index contributed by atoms with van der Waals surface area (Å²) >= 11 is 0. The number of anilines is 1. The predicted octanol–water partition coefficient (Wildman–Crippen LogP) is 1.96. The van der Waals surface area contributed by atoms with Gasteiger partial charge in [-0.2, -0.15) is 5.10 Å². The van der Waals surface area contributed by atoms with Gasteiger partial charge < -0.3 is 14.5 Å². The minimum absolute atomic E-state index is 0.0475. The lowest BCUT2D eigenvalue weighted by molar-refractivity contribution is 0.0525. The van der Waals surface area contributed by atoms with Crippen LogP contribution in [-0.2, 0) is 4.74 Å². The van der Waals surface area contributed by atoms with Gasteiger partial charge in [-0.3, -0.25) is 4.79 Å². The number of rotatable bonds is 4. The summed E-state index contributed by atoms with van der Waals surface area (Å²) in [6, 6.07) is 5.34. The number of amides is 1. The summed E-state index contributed by atoms with van der Waals surface area (Å²) in [6.07, 6.45) is 5.82. The highest BCUT2D eigenvalue weighted by molar-refractivity contribution is 6.01. The summed E-state index contributed by atoms with van der Waals surface area (Å²) in [5.41, 5.74) is 2.25. The van der Waals surface area contributed by atoms with Gasteiger partial charge in [-0.15, -0.1) is 0 Å². The molecule has 1 fully saturated rings. The molecule has 1 saturated heterocycles. The molecule has 9 heteroatoms. The third kappa shape index (κ3) is 3.83. The van der Waals surface area contributed by atoms with Crippen LogP contribution in [0.15, 0.2) is 36.8 Å². The number of fused-ring (bicyclic) bond motifs is 1. The van der Waals surface area contributed by atoms with E-state index in [0.29, 0.717) is 48.7 Å². The van der Waals surface area contributed by atoms with Crippen LogP contribution in [0.25, 0.3) is 5.65 Å². The quantitative estimate of drug-likeness (QED) is 0.609. The maximum atomic E-state index is 13.2. The molecule has 0 radical (unpaired) electrons. The third-order valence-electron chi connectivity index (χ3n) is 5.15. The summed E-state index contributed by atoms with van der Waals surface area (Å²) in [4.78, 5) is 37.8. The molecule has 1 aliphatic rings. The average Bonchev–Trinajstić information content (AvgIpc) is 2.92. The number of esters is 1. The van der Waals surface area contributed by atoms with Crippen LogP contribution in [-0.4, -0.2) is 69.1 Å². The lowest BCUT2D eigenvalue weighted by atomic mass is 10.2. The molecule has 0 aromatic carbocycles. The van der Waals surface area contributed by atoms with Crippen molar-refractivity contribution in [3.8, 4) is 0 Å². The van der Waals surface area contributed by atoms with E-state index in [1.165, 1.54) is 6.20 Å². The monoisotopic (exact) mass is 408 g/mol. The van der Waals surface area contributed by atoms with Crippen LogP contribution in [0.3, 0.4) is 0 Å². The van der Waals surface area contributed by atoms with Gasteiger partial charge in [-0.05, 0) is 38.5 Å². The molecule has 0 unspecified atom stereocenters. The van der Waals surface area contributed by atoms with Crippen molar-refractivity contribution in [3.05, 3.63) is 53.6 Å². The van der Waals surface area contributed by atoms with Crippen LogP contribution in [0.4, 0.5) is 5.82 Å². The summed E-state index contributed by atoms with van der Waals surface area (Å²) in [5.74, 6) is 0.362. The van der Waals surface area contributed by atoms with Gasteiger partial charge >= 0.3 is 5.97 Å². The van der Waals surface area contributed by atoms with E-state index in [1.807, 2.05) is 17.9 Å². The van der Waals surface area contributed by atoms with Crippen LogP contribution < -0.4 is 4.90 Å². The van der Waals surface area contributed by atoms with Gasteiger partial charge in [-0.25, -0.2) is 19.3 Å². The smallest absolute Gasteiger partial charge is 0.339 e. The first-order chi connectivity index (χ1) is 14.6. The molecule has 0 atom stereocenters. The highest BCUT2D eigenvalue weighted by atomic mass is 16.5. The Morgan fingerprint density at radius 3 is 2.77 bits per heavy atom. The van der Waals surface area contributed by atoms with Crippen molar-refractivity contribution in [2.24, 2.45) is 0 Å². The lowest BCUT2D eigenvalue weighted by Gasteiger charge is -2.23. The summed E-state index contributed by atoms with van der Waals surface area (Å²) in [5, 5.41) is 4.40. The van der Waals surface area contributed by atoms with Crippen molar-refractivity contribution in [1.82, 2.24) is 24.5 Å². The minimum Gasteiger partial charge on any atom is -0.462 e. The Morgan fingerprint density at radius 2 is 2.00 bits per heavy atom. The van der Waals surface area contributed by atoms with Crippen LogP contribution in [0.5, 0.6) is 0 Å². The van der Waals surface area contributed by atoms with Gasteiger partial charge in [0.15, 0.2) is 5.65 Å². The number of pyridine rings is 1. The van der Waals surface area contributed by atoms with Gasteiger partial charge in [0.1, 0.15) is 11.4 Å². The number of carbonyl (C=O) groups excluding carboxylic acids is 2. The normalized spacial score (nSPS) is 14.6. The molecule has 1 aliphatic heterocycles. The molecule has 3 aromatic rings. The Balaban J connectivity index is 1.47. The topological polar surface area (TPSA) is 92.9 Å². The molecule has 3 aromatic heterocycles. The molecule has 9 nitrogen and oxygen atoms in total. The van der Waals surface area contributed by atoms with Crippen LogP contribution in [0.2, 0.25) is 0 Å². The molecule has 156 valence electrons. The molecule has 1 amide bonds. The molecule has 0 spiro atoms. The van der Waals surface area contributed by atoms with Gasteiger partial charge in [-0.1, -0.05) is 0 Å². The van der Waals surface area contributed by atoms with Gasteiger partial charge in [0.25, 0.3) is 5.91 Å². The highest BCUT2D eigenvalue weighted by Gasteiger charge is 2.26. The second kappa shape index (κ2) is 8.48.